The van der Waals surface area contributed by atoms with Gasteiger partial charge < -0.3 is 9.47 Å². The maximum atomic E-state index is 6.04. The van der Waals surface area contributed by atoms with Gasteiger partial charge in [-0.3, -0.25) is 4.68 Å². The molecule has 3 heterocycles. The van der Waals surface area contributed by atoms with E-state index in [9.17, 15) is 0 Å². The highest BCUT2D eigenvalue weighted by molar-refractivity contribution is 7.17. The standard InChI is InChI=1S/C18H16N4O2S/c1-22-9-13(8-19-22)24-17-16-14(12-6-4-3-5-7-12)11-25-18(16)21-15(20-17)10-23-2/h3-9,11H,10H2,1-2H3. The monoisotopic (exact) mass is 352 g/mol. The number of ether oxygens (including phenoxy) is 2. The van der Waals surface area contributed by atoms with Crippen molar-refractivity contribution >= 4 is 21.6 Å². The number of fused-ring (bicyclic) bond motifs is 1. The van der Waals surface area contributed by atoms with Gasteiger partial charge in [-0.1, -0.05) is 30.3 Å². The largest absolute Gasteiger partial charge is 0.435 e. The Kier molecular flexibility index (Phi) is 4.17. The number of rotatable bonds is 5. The van der Waals surface area contributed by atoms with E-state index in [0.29, 0.717) is 24.1 Å². The van der Waals surface area contributed by atoms with E-state index in [-0.39, 0.29) is 0 Å². The van der Waals surface area contributed by atoms with Crippen molar-refractivity contribution in [2.24, 2.45) is 7.05 Å². The van der Waals surface area contributed by atoms with Crippen molar-refractivity contribution in [1.82, 2.24) is 19.7 Å². The van der Waals surface area contributed by atoms with E-state index in [0.717, 1.165) is 21.3 Å². The topological polar surface area (TPSA) is 62.1 Å². The molecule has 1 aromatic carbocycles. The third kappa shape index (κ3) is 3.11. The summed E-state index contributed by atoms with van der Waals surface area (Å²) in [5.74, 6) is 1.75. The lowest BCUT2D eigenvalue weighted by Gasteiger charge is -2.08. The predicted molar refractivity (Wildman–Crippen MR) is 96.8 cm³/mol. The number of thiophene rings is 1. The van der Waals surface area contributed by atoms with E-state index in [4.69, 9.17) is 9.47 Å². The first kappa shape index (κ1) is 15.7. The van der Waals surface area contributed by atoms with Gasteiger partial charge in [0, 0.05) is 25.1 Å². The van der Waals surface area contributed by atoms with Crippen LogP contribution in [-0.2, 0) is 18.4 Å². The number of nitrogens with zero attached hydrogens (tertiary/aromatic N) is 4. The lowest BCUT2D eigenvalue weighted by Crippen LogP contribution is -1.99. The van der Waals surface area contributed by atoms with Crippen LogP contribution in [0.5, 0.6) is 11.6 Å². The molecule has 0 fully saturated rings. The number of aryl methyl sites for hydroxylation is 1. The fourth-order valence-corrected chi connectivity index (χ4v) is 3.57. The third-order valence-electron chi connectivity index (χ3n) is 3.70. The normalized spacial score (nSPS) is 11.1. The smallest absolute Gasteiger partial charge is 0.232 e. The van der Waals surface area contributed by atoms with Crippen LogP contribution in [0.3, 0.4) is 0 Å². The fourth-order valence-electron chi connectivity index (χ4n) is 2.61. The van der Waals surface area contributed by atoms with Crippen LogP contribution in [0, 0.1) is 0 Å². The Morgan fingerprint density at radius 1 is 1.16 bits per heavy atom. The maximum Gasteiger partial charge on any atom is 0.232 e. The third-order valence-corrected chi connectivity index (χ3v) is 4.57. The number of hydrogen-bond donors (Lipinski definition) is 0. The molecule has 0 spiro atoms. The van der Waals surface area contributed by atoms with E-state index in [1.165, 1.54) is 0 Å². The molecule has 7 heteroatoms. The summed E-state index contributed by atoms with van der Waals surface area (Å²) in [6.07, 6.45) is 3.47. The van der Waals surface area contributed by atoms with Crippen molar-refractivity contribution in [3.8, 4) is 22.8 Å². The van der Waals surface area contributed by atoms with Gasteiger partial charge in [-0.05, 0) is 5.56 Å². The molecule has 0 atom stereocenters. The first-order valence-corrected chi connectivity index (χ1v) is 8.61. The summed E-state index contributed by atoms with van der Waals surface area (Å²) < 4.78 is 12.9. The minimum atomic E-state index is 0.331. The van der Waals surface area contributed by atoms with Crippen molar-refractivity contribution in [3.63, 3.8) is 0 Å². The van der Waals surface area contributed by atoms with Crippen molar-refractivity contribution in [2.45, 2.75) is 6.61 Å². The maximum absolute atomic E-state index is 6.04. The molecule has 0 N–H and O–H groups in total. The van der Waals surface area contributed by atoms with E-state index in [1.807, 2.05) is 25.2 Å². The summed E-state index contributed by atoms with van der Waals surface area (Å²) in [6, 6.07) is 10.2. The van der Waals surface area contributed by atoms with Crippen molar-refractivity contribution in [2.75, 3.05) is 7.11 Å². The summed E-state index contributed by atoms with van der Waals surface area (Å²) in [5.41, 5.74) is 2.16. The van der Waals surface area contributed by atoms with Gasteiger partial charge in [0.1, 0.15) is 11.4 Å². The Morgan fingerprint density at radius 3 is 2.72 bits per heavy atom. The number of benzene rings is 1. The number of aromatic nitrogens is 4. The van der Waals surface area contributed by atoms with Crippen LogP contribution in [0.4, 0.5) is 0 Å². The highest BCUT2D eigenvalue weighted by Crippen LogP contribution is 2.39. The molecule has 0 aliphatic carbocycles. The molecule has 0 radical (unpaired) electrons. The van der Waals surface area contributed by atoms with Crippen LogP contribution in [0.15, 0.2) is 48.1 Å². The zero-order valence-corrected chi connectivity index (χ0v) is 14.7. The Balaban J connectivity index is 1.88. The van der Waals surface area contributed by atoms with Gasteiger partial charge in [0.2, 0.25) is 5.88 Å². The predicted octanol–water partition coefficient (Wildman–Crippen LogP) is 4.03. The van der Waals surface area contributed by atoms with Crippen molar-refractivity contribution < 1.29 is 9.47 Å². The number of hydrogen-bond acceptors (Lipinski definition) is 6. The van der Waals surface area contributed by atoms with Crippen LogP contribution in [0.1, 0.15) is 5.82 Å². The zero-order chi connectivity index (χ0) is 17.2. The van der Waals surface area contributed by atoms with Gasteiger partial charge >= 0.3 is 0 Å². The fraction of sp³-hybridized carbons (Fsp3) is 0.167. The number of methoxy groups -OCH3 is 1. The minimum absolute atomic E-state index is 0.331. The van der Waals surface area contributed by atoms with Gasteiger partial charge in [0.05, 0.1) is 17.8 Å². The summed E-state index contributed by atoms with van der Waals surface area (Å²) in [7, 11) is 3.47. The van der Waals surface area contributed by atoms with Crippen LogP contribution >= 0.6 is 11.3 Å². The average molecular weight is 352 g/mol. The molecule has 25 heavy (non-hydrogen) atoms. The molecule has 6 nitrogen and oxygen atoms in total. The van der Waals surface area contributed by atoms with E-state index in [1.54, 1.807) is 35.5 Å². The van der Waals surface area contributed by atoms with Crippen molar-refractivity contribution in [1.29, 1.82) is 0 Å². The molecule has 0 amide bonds. The van der Waals surface area contributed by atoms with Gasteiger partial charge in [0.15, 0.2) is 11.6 Å². The Bertz CT molecular complexity index is 1010. The van der Waals surface area contributed by atoms with E-state index in [2.05, 4.69) is 32.6 Å². The van der Waals surface area contributed by atoms with Gasteiger partial charge in [-0.25, -0.2) is 4.98 Å². The molecule has 0 unspecified atom stereocenters. The first-order chi connectivity index (χ1) is 12.2. The second-order valence-corrected chi connectivity index (χ2v) is 6.38. The molecule has 3 aromatic heterocycles. The molecule has 4 rings (SSSR count). The van der Waals surface area contributed by atoms with Crippen LogP contribution < -0.4 is 4.74 Å². The molecule has 0 aliphatic rings. The lowest BCUT2D eigenvalue weighted by atomic mass is 10.1. The molecule has 126 valence electrons. The molecule has 0 bridgehead atoms. The van der Waals surface area contributed by atoms with E-state index < -0.39 is 0 Å². The van der Waals surface area contributed by atoms with Crippen LogP contribution in [0.25, 0.3) is 21.3 Å². The molecule has 0 aliphatic heterocycles. The molecular weight excluding hydrogens is 336 g/mol. The molecular formula is C18H16N4O2S. The Hall–Kier alpha value is -2.77. The highest BCUT2D eigenvalue weighted by atomic mass is 32.1. The summed E-state index contributed by atoms with van der Waals surface area (Å²) >= 11 is 1.57. The Morgan fingerprint density at radius 2 is 2.00 bits per heavy atom. The second-order valence-electron chi connectivity index (χ2n) is 5.53. The van der Waals surface area contributed by atoms with Crippen molar-refractivity contribution in [3.05, 3.63) is 53.9 Å². The van der Waals surface area contributed by atoms with Gasteiger partial charge in [-0.15, -0.1) is 11.3 Å². The Labute approximate surface area is 148 Å². The van der Waals surface area contributed by atoms with E-state index >= 15 is 0 Å². The highest BCUT2D eigenvalue weighted by Gasteiger charge is 2.17. The zero-order valence-electron chi connectivity index (χ0n) is 13.8. The second kappa shape index (κ2) is 6.62. The summed E-state index contributed by atoms with van der Waals surface area (Å²) in [5, 5.41) is 7.13. The molecule has 4 aromatic rings. The molecule has 0 saturated heterocycles. The average Bonchev–Trinajstić information content (AvgIpc) is 3.22. The molecule has 0 saturated carbocycles. The van der Waals surface area contributed by atoms with Gasteiger partial charge in [0.25, 0.3) is 0 Å². The van der Waals surface area contributed by atoms with Crippen LogP contribution in [-0.4, -0.2) is 26.9 Å². The quantitative estimate of drug-likeness (QED) is 0.543. The SMILES string of the molecule is COCc1nc(Oc2cnn(C)c2)c2c(-c3ccccc3)csc2n1. The summed E-state index contributed by atoms with van der Waals surface area (Å²) in [4.78, 5) is 10.0. The first-order valence-electron chi connectivity index (χ1n) is 7.73. The minimum Gasteiger partial charge on any atom is -0.435 e. The lowest BCUT2D eigenvalue weighted by molar-refractivity contribution is 0.177. The van der Waals surface area contributed by atoms with Crippen LogP contribution in [0.2, 0.25) is 0 Å². The summed E-state index contributed by atoms with van der Waals surface area (Å²) in [6.45, 7) is 0.331. The van der Waals surface area contributed by atoms with Gasteiger partial charge in [-0.2, -0.15) is 10.1 Å².